The van der Waals surface area contributed by atoms with Gasteiger partial charge in [0, 0.05) is 6.04 Å². The van der Waals surface area contributed by atoms with E-state index in [9.17, 15) is 8.42 Å². The Bertz CT molecular complexity index is 659. The molecule has 0 bridgehead atoms. The molecule has 1 aromatic carbocycles. The molecule has 6 nitrogen and oxygen atoms in total. The molecule has 2 aromatic rings. The minimum atomic E-state index is -3.46. The molecular weight excluding hydrogens is 264 g/mol. The van der Waals surface area contributed by atoms with Gasteiger partial charge in [0.15, 0.2) is 0 Å². The standard InChI is InChI=1S/C12H16N4O2S/c1-9(2)15-19(17,18)12-5-3-11(4-6-12)16-8-10(13)7-14-16/h3-9,15H,13H2,1-2H3. The van der Waals surface area contributed by atoms with E-state index in [1.807, 2.05) is 0 Å². The number of sulfonamides is 1. The molecule has 0 atom stereocenters. The zero-order chi connectivity index (χ0) is 14.0. The van der Waals surface area contributed by atoms with Crippen LogP contribution in [-0.4, -0.2) is 24.2 Å². The SMILES string of the molecule is CC(C)NS(=O)(=O)c1ccc(-n2cc(N)cn2)cc1. The zero-order valence-electron chi connectivity index (χ0n) is 10.7. The topological polar surface area (TPSA) is 90.0 Å². The van der Waals surface area contributed by atoms with Crippen LogP contribution in [0.15, 0.2) is 41.6 Å². The molecule has 1 heterocycles. The summed E-state index contributed by atoms with van der Waals surface area (Å²) in [5.41, 5.74) is 6.88. The number of nitrogens with zero attached hydrogens (tertiary/aromatic N) is 2. The van der Waals surface area contributed by atoms with Crippen molar-refractivity contribution in [1.29, 1.82) is 0 Å². The number of aromatic nitrogens is 2. The molecule has 0 amide bonds. The van der Waals surface area contributed by atoms with Gasteiger partial charge in [0.05, 0.1) is 28.7 Å². The number of nitrogen functional groups attached to an aromatic ring is 1. The zero-order valence-corrected chi connectivity index (χ0v) is 11.6. The predicted molar refractivity (Wildman–Crippen MR) is 73.4 cm³/mol. The molecule has 0 aliphatic heterocycles. The smallest absolute Gasteiger partial charge is 0.240 e. The number of hydrogen-bond acceptors (Lipinski definition) is 4. The van der Waals surface area contributed by atoms with Gasteiger partial charge in [-0.3, -0.25) is 0 Å². The molecule has 0 aliphatic carbocycles. The fourth-order valence-electron chi connectivity index (χ4n) is 1.63. The first kappa shape index (κ1) is 13.6. The summed E-state index contributed by atoms with van der Waals surface area (Å²) < 4.78 is 28.0. The summed E-state index contributed by atoms with van der Waals surface area (Å²) in [6.45, 7) is 3.55. The largest absolute Gasteiger partial charge is 0.396 e. The van der Waals surface area contributed by atoms with Crippen LogP contribution in [0.4, 0.5) is 5.69 Å². The quantitative estimate of drug-likeness (QED) is 0.878. The second-order valence-corrected chi connectivity index (χ2v) is 6.20. The summed E-state index contributed by atoms with van der Waals surface area (Å²) in [6, 6.07) is 6.30. The van der Waals surface area contributed by atoms with Crippen molar-refractivity contribution in [1.82, 2.24) is 14.5 Å². The van der Waals surface area contributed by atoms with Crippen molar-refractivity contribution in [3.63, 3.8) is 0 Å². The van der Waals surface area contributed by atoms with Gasteiger partial charge in [0.25, 0.3) is 0 Å². The monoisotopic (exact) mass is 280 g/mol. The van der Waals surface area contributed by atoms with Gasteiger partial charge in [0.2, 0.25) is 10.0 Å². The highest BCUT2D eigenvalue weighted by molar-refractivity contribution is 7.89. The van der Waals surface area contributed by atoms with Crippen LogP contribution in [-0.2, 0) is 10.0 Å². The molecule has 0 radical (unpaired) electrons. The van der Waals surface area contributed by atoms with Crippen molar-refractivity contribution in [3.8, 4) is 5.69 Å². The van der Waals surface area contributed by atoms with Gasteiger partial charge in [-0.25, -0.2) is 17.8 Å². The Labute approximate surface area is 112 Å². The van der Waals surface area contributed by atoms with Crippen molar-refractivity contribution in [3.05, 3.63) is 36.7 Å². The summed E-state index contributed by atoms with van der Waals surface area (Å²) in [7, 11) is -3.46. The number of benzene rings is 1. The fourth-order valence-corrected chi connectivity index (χ4v) is 2.89. The average Bonchev–Trinajstić information content (AvgIpc) is 2.74. The summed E-state index contributed by atoms with van der Waals surface area (Å²) in [6.07, 6.45) is 3.20. The first-order chi connectivity index (χ1) is 8.88. The lowest BCUT2D eigenvalue weighted by molar-refractivity contribution is 0.570. The van der Waals surface area contributed by atoms with E-state index in [0.29, 0.717) is 5.69 Å². The van der Waals surface area contributed by atoms with Gasteiger partial charge in [-0.05, 0) is 38.1 Å². The van der Waals surface area contributed by atoms with Crippen LogP contribution in [0.5, 0.6) is 0 Å². The lowest BCUT2D eigenvalue weighted by Crippen LogP contribution is -2.30. The highest BCUT2D eigenvalue weighted by Gasteiger charge is 2.15. The van der Waals surface area contributed by atoms with Crippen LogP contribution in [0.3, 0.4) is 0 Å². The van der Waals surface area contributed by atoms with Crippen molar-refractivity contribution in [2.24, 2.45) is 0 Å². The Hall–Kier alpha value is -1.86. The van der Waals surface area contributed by atoms with Crippen molar-refractivity contribution >= 4 is 15.7 Å². The van der Waals surface area contributed by atoms with E-state index in [4.69, 9.17) is 5.73 Å². The number of anilines is 1. The molecule has 0 saturated carbocycles. The number of nitrogens with two attached hydrogens (primary N) is 1. The van der Waals surface area contributed by atoms with Crippen molar-refractivity contribution < 1.29 is 8.42 Å². The molecule has 0 saturated heterocycles. The third kappa shape index (κ3) is 3.12. The van der Waals surface area contributed by atoms with Crippen LogP contribution in [0, 0.1) is 0 Å². The van der Waals surface area contributed by atoms with Crippen molar-refractivity contribution in [2.75, 3.05) is 5.73 Å². The van der Waals surface area contributed by atoms with E-state index in [-0.39, 0.29) is 10.9 Å². The molecule has 2 rings (SSSR count). The van der Waals surface area contributed by atoms with Gasteiger partial charge in [-0.15, -0.1) is 0 Å². The number of rotatable bonds is 4. The van der Waals surface area contributed by atoms with E-state index in [1.54, 1.807) is 36.9 Å². The van der Waals surface area contributed by atoms with E-state index in [1.165, 1.54) is 18.3 Å². The van der Waals surface area contributed by atoms with Gasteiger partial charge >= 0.3 is 0 Å². The molecule has 0 fully saturated rings. The first-order valence-corrected chi connectivity index (χ1v) is 7.30. The van der Waals surface area contributed by atoms with Gasteiger partial charge in [-0.1, -0.05) is 0 Å². The predicted octanol–water partition coefficient (Wildman–Crippen LogP) is 1.14. The molecule has 0 spiro atoms. The van der Waals surface area contributed by atoms with Crippen molar-refractivity contribution in [2.45, 2.75) is 24.8 Å². The maximum atomic E-state index is 11.9. The summed E-state index contributed by atoms with van der Waals surface area (Å²) in [5.74, 6) is 0. The van der Waals surface area contributed by atoms with Gasteiger partial charge in [-0.2, -0.15) is 5.10 Å². The maximum absolute atomic E-state index is 11.9. The Balaban J connectivity index is 2.28. The highest BCUT2D eigenvalue weighted by atomic mass is 32.2. The molecular formula is C12H16N4O2S. The van der Waals surface area contributed by atoms with E-state index in [2.05, 4.69) is 9.82 Å². The minimum Gasteiger partial charge on any atom is -0.396 e. The fraction of sp³-hybridized carbons (Fsp3) is 0.250. The summed E-state index contributed by atoms with van der Waals surface area (Å²) >= 11 is 0. The molecule has 3 N–H and O–H groups in total. The number of hydrogen-bond donors (Lipinski definition) is 2. The lowest BCUT2D eigenvalue weighted by Gasteiger charge is -2.10. The van der Waals surface area contributed by atoms with Gasteiger partial charge in [0.1, 0.15) is 0 Å². The van der Waals surface area contributed by atoms with Gasteiger partial charge < -0.3 is 5.73 Å². The summed E-state index contributed by atoms with van der Waals surface area (Å²) in [5, 5.41) is 4.05. The average molecular weight is 280 g/mol. The Morgan fingerprint density at radius 3 is 2.37 bits per heavy atom. The highest BCUT2D eigenvalue weighted by Crippen LogP contribution is 2.14. The number of nitrogens with one attached hydrogen (secondary N) is 1. The second-order valence-electron chi connectivity index (χ2n) is 4.49. The summed E-state index contributed by atoms with van der Waals surface area (Å²) in [4.78, 5) is 0.227. The van der Waals surface area contributed by atoms with E-state index >= 15 is 0 Å². The van der Waals surface area contributed by atoms with E-state index < -0.39 is 10.0 Å². The minimum absolute atomic E-state index is 0.143. The Morgan fingerprint density at radius 1 is 1.26 bits per heavy atom. The Kier molecular flexibility index (Phi) is 3.59. The van der Waals surface area contributed by atoms with Crippen LogP contribution in [0.1, 0.15) is 13.8 Å². The molecule has 19 heavy (non-hydrogen) atoms. The van der Waals surface area contributed by atoms with Crippen LogP contribution >= 0.6 is 0 Å². The van der Waals surface area contributed by atoms with E-state index in [0.717, 1.165) is 5.69 Å². The second kappa shape index (κ2) is 5.02. The normalized spacial score (nSPS) is 11.9. The maximum Gasteiger partial charge on any atom is 0.240 e. The Morgan fingerprint density at radius 2 is 1.89 bits per heavy atom. The molecule has 0 unspecified atom stereocenters. The first-order valence-electron chi connectivity index (χ1n) is 5.81. The molecule has 102 valence electrons. The molecule has 1 aromatic heterocycles. The third-order valence-electron chi connectivity index (χ3n) is 2.40. The van der Waals surface area contributed by atoms with Crippen LogP contribution in [0.2, 0.25) is 0 Å². The third-order valence-corrected chi connectivity index (χ3v) is 4.08. The lowest BCUT2D eigenvalue weighted by atomic mass is 10.3. The van der Waals surface area contributed by atoms with Crippen LogP contribution in [0.25, 0.3) is 5.69 Å². The van der Waals surface area contributed by atoms with Crippen LogP contribution < -0.4 is 10.5 Å². The molecule has 0 aliphatic rings. The molecule has 7 heteroatoms.